The van der Waals surface area contributed by atoms with E-state index in [0.29, 0.717) is 0 Å². The lowest BCUT2D eigenvalue weighted by atomic mass is 9.98. The number of rotatable bonds is 4. The van der Waals surface area contributed by atoms with Crippen LogP contribution in [0.1, 0.15) is 28.3 Å². The number of nitrogens with one attached hydrogen (secondary N) is 1. The molecule has 0 saturated heterocycles. The predicted octanol–water partition coefficient (Wildman–Crippen LogP) is 5.17. The van der Waals surface area contributed by atoms with Crippen LogP contribution in [0.15, 0.2) is 24.3 Å². The smallest absolute Gasteiger partial charge is 0.0992 e. The molecule has 0 spiro atoms. The van der Waals surface area contributed by atoms with Crippen LogP contribution in [0.5, 0.6) is 0 Å². The monoisotopic (exact) mass is 313 g/mol. The largest absolute Gasteiger partial charge is 0.313 e. The molecular formula is C15H17Cl2NS. The van der Waals surface area contributed by atoms with Gasteiger partial charge in [-0.3, -0.25) is 0 Å². The van der Waals surface area contributed by atoms with Gasteiger partial charge in [0.15, 0.2) is 0 Å². The standard InChI is InChI=1S/C15H17Cl2NS/c1-9-4-10(2)6-11(5-9)7-13(18-3)12-8-14(16)19-15(12)17/h4-6,8,13,18H,7H2,1-3H3. The Bertz CT molecular complexity index is 557. The summed E-state index contributed by atoms with van der Waals surface area (Å²) in [6.45, 7) is 4.25. The van der Waals surface area contributed by atoms with E-state index in [1.54, 1.807) is 0 Å². The number of aryl methyl sites for hydroxylation is 2. The summed E-state index contributed by atoms with van der Waals surface area (Å²) in [5.74, 6) is 0. The van der Waals surface area contributed by atoms with Crippen LogP contribution in [0.2, 0.25) is 8.67 Å². The second-order valence-corrected chi connectivity index (χ2v) is 7.11. The molecule has 1 atom stereocenters. The average Bonchev–Trinajstić information content (AvgIpc) is 2.64. The Kier molecular flexibility index (Phi) is 4.91. The van der Waals surface area contributed by atoms with E-state index in [9.17, 15) is 0 Å². The molecule has 1 unspecified atom stereocenters. The number of benzene rings is 1. The zero-order valence-electron chi connectivity index (χ0n) is 11.3. The molecule has 0 aliphatic carbocycles. The highest BCUT2D eigenvalue weighted by molar-refractivity contribution is 7.20. The number of hydrogen-bond acceptors (Lipinski definition) is 2. The molecule has 0 bridgehead atoms. The first-order valence-electron chi connectivity index (χ1n) is 6.18. The summed E-state index contributed by atoms with van der Waals surface area (Å²) in [6.07, 6.45) is 0.909. The summed E-state index contributed by atoms with van der Waals surface area (Å²) in [6, 6.07) is 8.78. The Morgan fingerprint density at radius 1 is 1.11 bits per heavy atom. The van der Waals surface area contributed by atoms with Crippen LogP contribution >= 0.6 is 34.5 Å². The second kappa shape index (κ2) is 6.27. The molecule has 1 aromatic heterocycles. The SMILES string of the molecule is CNC(Cc1cc(C)cc(C)c1)c1cc(Cl)sc1Cl. The lowest BCUT2D eigenvalue weighted by Crippen LogP contribution is -2.18. The average molecular weight is 314 g/mol. The first-order valence-corrected chi connectivity index (χ1v) is 7.76. The fourth-order valence-electron chi connectivity index (χ4n) is 2.38. The van der Waals surface area contributed by atoms with E-state index >= 15 is 0 Å². The van der Waals surface area contributed by atoms with Crippen LogP contribution in [-0.4, -0.2) is 7.05 Å². The third-order valence-electron chi connectivity index (χ3n) is 3.13. The normalized spacial score (nSPS) is 12.7. The third-order valence-corrected chi connectivity index (χ3v) is 4.65. The molecule has 102 valence electrons. The van der Waals surface area contributed by atoms with E-state index in [-0.39, 0.29) is 6.04 Å². The molecule has 0 aliphatic heterocycles. The van der Waals surface area contributed by atoms with Gasteiger partial charge in [0.25, 0.3) is 0 Å². The van der Waals surface area contributed by atoms with Crippen LogP contribution in [0, 0.1) is 13.8 Å². The molecular weight excluding hydrogens is 297 g/mol. The van der Waals surface area contributed by atoms with Crippen molar-refractivity contribution < 1.29 is 0 Å². The van der Waals surface area contributed by atoms with Gasteiger partial charge >= 0.3 is 0 Å². The Hall–Kier alpha value is -0.540. The van der Waals surface area contributed by atoms with Crippen molar-refractivity contribution in [3.8, 4) is 0 Å². The van der Waals surface area contributed by atoms with Gasteiger partial charge in [-0.15, -0.1) is 11.3 Å². The molecule has 1 nitrogen and oxygen atoms in total. The van der Waals surface area contributed by atoms with Gasteiger partial charge in [-0.05, 0) is 38.9 Å². The van der Waals surface area contributed by atoms with E-state index in [2.05, 4.69) is 37.4 Å². The van der Waals surface area contributed by atoms with Gasteiger partial charge in [0, 0.05) is 11.6 Å². The van der Waals surface area contributed by atoms with Crippen LogP contribution in [0.25, 0.3) is 0 Å². The maximum Gasteiger partial charge on any atom is 0.0992 e. The highest BCUT2D eigenvalue weighted by Gasteiger charge is 2.16. The van der Waals surface area contributed by atoms with Crippen molar-refractivity contribution in [2.24, 2.45) is 0 Å². The summed E-state index contributed by atoms with van der Waals surface area (Å²) < 4.78 is 1.51. The predicted molar refractivity (Wildman–Crippen MR) is 85.8 cm³/mol. The summed E-state index contributed by atoms with van der Waals surface area (Å²) in [4.78, 5) is 0. The Labute approximate surface area is 128 Å². The summed E-state index contributed by atoms with van der Waals surface area (Å²) in [5.41, 5.74) is 4.98. The molecule has 0 radical (unpaired) electrons. The van der Waals surface area contributed by atoms with Crippen molar-refractivity contribution >= 4 is 34.5 Å². The van der Waals surface area contributed by atoms with Crippen LogP contribution in [0.3, 0.4) is 0 Å². The van der Waals surface area contributed by atoms with Crippen molar-refractivity contribution in [2.75, 3.05) is 7.05 Å². The zero-order chi connectivity index (χ0) is 14.0. The van der Waals surface area contributed by atoms with Crippen molar-refractivity contribution in [2.45, 2.75) is 26.3 Å². The molecule has 2 aromatic rings. The quantitative estimate of drug-likeness (QED) is 0.820. The molecule has 19 heavy (non-hydrogen) atoms. The van der Waals surface area contributed by atoms with Crippen molar-refractivity contribution in [3.63, 3.8) is 0 Å². The van der Waals surface area contributed by atoms with Crippen molar-refractivity contribution in [1.82, 2.24) is 5.32 Å². The van der Waals surface area contributed by atoms with Gasteiger partial charge in [-0.25, -0.2) is 0 Å². The van der Waals surface area contributed by atoms with Gasteiger partial charge in [0.05, 0.1) is 8.67 Å². The van der Waals surface area contributed by atoms with Crippen LogP contribution in [-0.2, 0) is 6.42 Å². The van der Waals surface area contributed by atoms with Gasteiger partial charge in [-0.2, -0.15) is 0 Å². The minimum Gasteiger partial charge on any atom is -0.313 e. The minimum atomic E-state index is 0.192. The van der Waals surface area contributed by atoms with Crippen molar-refractivity contribution in [1.29, 1.82) is 0 Å². The molecule has 4 heteroatoms. The van der Waals surface area contributed by atoms with Gasteiger partial charge in [0.1, 0.15) is 0 Å². The van der Waals surface area contributed by atoms with Crippen molar-refractivity contribution in [3.05, 3.63) is 55.2 Å². The molecule has 0 aliphatic rings. The fraction of sp³-hybridized carbons (Fsp3) is 0.333. The molecule has 1 aromatic carbocycles. The highest BCUT2D eigenvalue weighted by Crippen LogP contribution is 2.36. The maximum atomic E-state index is 6.24. The summed E-state index contributed by atoms with van der Waals surface area (Å²) in [5, 5.41) is 3.32. The topological polar surface area (TPSA) is 12.0 Å². The summed E-state index contributed by atoms with van der Waals surface area (Å²) in [7, 11) is 1.95. The molecule has 1 N–H and O–H groups in total. The Morgan fingerprint density at radius 3 is 2.21 bits per heavy atom. The Balaban J connectivity index is 2.26. The van der Waals surface area contributed by atoms with E-state index in [1.165, 1.54) is 28.0 Å². The zero-order valence-corrected chi connectivity index (χ0v) is 13.6. The second-order valence-electron chi connectivity index (χ2n) is 4.82. The van der Waals surface area contributed by atoms with Crippen LogP contribution < -0.4 is 5.32 Å². The highest BCUT2D eigenvalue weighted by atomic mass is 35.5. The first kappa shape index (κ1) is 14.9. The molecule has 2 rings (SSSR count). The lowest BCUT2D eigenvalue weighted by molar-refractivity contribution is 0.594. The van der Waals surface area contributed by atoms with Gasteiger partial charge in [0.2, 0.25) is 0 Å². The van der Waals surface area contributed by atoms with E-state index in [4.69, 9.17) is 23.2 Å². The fourth-order valence-corrected chi connectivity index (χ4v) is 3.96. The Morgan fingerprint density at radius 2 is 1.74 bits per heavy atom. The molecule has 0 fully saturated rings. The lowest BCUT2D eigenvalue weighted by Gasteiger charge is -2.16. The summed E-state index contributed by atoms with van der Waals surface area (Å²) >= 11 is 13.7. The number of thiophene rings is 1. The van der Waals surface area contributed by atoms with E-state index in [0.717, 1.165) is 20.7 Å². The molecule has 0 amide bonds. The van der Waals surface area contributed by atoms with Gasteiger partial charge < -0.3 is 5.32 Å². The van der Waals surface area contributed by atoms with Gasteiger partial charge in [-0.1, -0.05) is 52.5 Å². The van der Waals surface area contributed by atoms with E-state index < -0.39 is 0 Å². The van der Waals surface area contributed by atoms with Crippen LogP contribution in [0.4, 0.5) is 0 Å². The molecule has 0 saturated carbocycles. The maximum absolute atomic E-state index is 6.24. The van der Waals surface area contributed by atoms with E-state index in [1.807, 2.05) is 13.1 Å². The number of hydrogen-bond donors (Lipinski definition) is 1. The number of likely N-dealkylation sites (N-methyl/N-ethyl adjacent to an activating group) is 1. The number of halogens is 2. The molecule has 1 heterocycles. The third kappa shape index (κ3) is 3.73. The first-order chi connectivity index (χ1) is 8.99. The minimum absolute atomic E-state index is 0.192.